The highest BCUT2D eigenvalue weighted by molar-refractivity contribution is 7.54. The summed E-state index contributed by atoms with van der Waals surface area (Å²) in [5.41, 5.74) is 0. The molecule has 1 saturated heterocycles. The largest absolute Gasteiger partial charge is 0.389 e. The standard InChI is InChI=1S/C10H20NO6P/c1-11-5-7(12)9(14)8(13)6(11)4-10(2-3-10)18(15,16)17/h6-9,12-14H,2-5H2,1H3,(H2,15,16,17)/t6-,7-,8-,9-/m1/s1. The molecule has 1 aliphatic heterocycles. The Kier molecular flexibility index (Phi) is 3.62. The van der Waals surface area contributed by atoms with Gasteiger partial charge in [0.15, 0.2) is 0 Å². The van der Waals surface area contributed by atoms with Gasteiger partial charge in [0.25, 0.3) is 0 Å². The third-order valence-electron chi connectivity index (χ3n) is 4.21. The second kappa shape index (κ2) is 4.52. The van der Waals surface area contributed by atoms with Gasteiger partial charge in [0.05, 0.1) is 17.4 Å². The molecule has 1 saturated carbocycles. The van der Waals surface area contributed by atoms with Crippen molar-refractivity contribution in [2.75, 3.05) is 13.6 Å². The summed E-state index contributed by atoms with van der Waals surface area (Å²) in [6.45, 7) is 0.181. The Morgan fingerprint density at radius 2 is 1.78 bits per heavy atom. The van der Waals surface area contributed by atoms with E-state index in [1.165, 1.54) is 0 Å². The van der Waals surface area contributed by atoms with E-state index in [4.69, 9.17) is 0 Å². The molecule has 0 aromatic rings. The van der Waals surface area contributed by atoms with E-state index in [2.05, 4.69) is 0 Å². The van der Waals surface area contributed by atoms with Crippen molar-refractivity contribution in [3.63, 3.8) is 0 Å². The van der Waals surface area contributed by atoms with Gasteiger partial charge >= 0.3 is 7.60 Å². The summed E-state index contributed by atoms with van der Waals surface area (Å²) in [6.07, 6.45) is -2.48. The summed E-state index contributed by atoms with van der Waals surface area (Å²) < 4.78 is 11.4. The lowest BCUT2D eigenvalue weighted by Crippen LogP contribution is -2.60. The highest BCUT2D eigenvalue weighted by atomic mass is 31.2. The first-order valence-corrected chi connectivity index (χ1v) is 7.59. The Balaban J connectivity index is 2.11. The molecule has 2 aliphatic rings. The van der Waals surface area contributed by atoms with Crippen molar-refractivity contribution in [3.05, 3.63) is 0 Å². The Bertz CT molecular complexity index is 367. The number of β-amino-alcohol motifs (C(OH)–C–C–N with tert-alkyl or cyclic N) is 1. The van der Waals surface area contributed by atoms with Crippen LogP contribution < -0.4 is 0 Å². The van der Waals surface area contributed by atoms with E-state index >= 15 is 0 Å². The number of likely N-dealkylation sites (N-methyl/N-ethyl adjacent to an activating group) is 1. The Labute approximate surface area is 105 Å². The van der Waals surface area contributed by atoms with E-state index < -0.39 is 37.1 Å². The predicted octanol–water partition coefficient (Wildman–Crippen LogP) is -1.52. The van der Waals surface area contributed by atoms with Crippen LogP contribution in [0.2, 0.25) is 0 Å². The number of hydrogen-bond acceptors (Lipinski definition) is 5. The zero-order valence-electron chi connectivity index (χ0n) is 10.2. The summed E-state index contributed by atoms with van der Waals surface area (Å²) in [6, 6.07) is -0.543. The maximum atomic E-state index is 11.4. The van der Waals surface area contributed by atoms with Crippen LogP contribution >= 0.6 is 7.60 Å². The number of hydrogen-bond donors (Lipinski definition) is 5. The van der Waals surface area contributed by atoms with Gasteiger partial charge < -0.3 is 25.1 Å². The zero-order valence-corrected chi connectivity index (χ0v) is 11.1. The van der Waals surface area contributed by atoms with Crippen molar-refractivity contribution >= 4 is 7.60 Å². The van der Waals surface area contributed by atoms with Crippen LogP contribution in [-0.4, -0.2) is 73.1 Å². The number of likely N-dealkylation sites (tertiary alicyclic amines) is 1. The number of nitrogens with zero attached hydrogens (tertiary/aromatic N) is 1. The third-order valence-corrected chi connectivity index (χ3v) is 6.08. The number of aliphatic hydroxyl groups excluding tert-OH is 3. The van der Waals surface area contributed by atoms with Crippen LogP contribution in [-0.2, 0) is 4.57 Å². The molecule has 7 nitrogen and oxygen atoms in total. The first-order valence-electron chi connectivity index (χ1n) is 5.98. The van der Waals surface area contributed by atoms with Crippen molar-refractivity contribution < 1.29 is 29.7 Å². The SMILES string of the molecule is CN1C[C@@H](O)[C@@H](O)[C@H](O)[C@H]1CC1(P(=O)(O)O)CC1. The predicted molar refractivity (Wildman–Crippen MR) is 63.1 cm³/mol. The monoisotopic (exact) mass is 281 g/mol. The molecule has 0 aromatic carbocycles. The molecular weight excluding hydrogens is 261 g/mol. The van der Waals surface area contributed by atoms with Crippen LogP contribution in [0.3, 0.4) is 0 Å². The molecule has 0 amide bonds. The normalized spacial score (nSPS) is 40.8. The molecule has 18 heavy (non-hydrogen) atoms. The Morgan fingerprint density at radius 1 is 1.22 bits per heavy atom. The summed E-state index contributed by atoms with van der Waals surface area (Å²) >= 11 is 0. The van der Waals surface area contributed by atoms with E-state index in [1.54, 1.807) is 11.9 Å². The molecule has 0 spiro atoms. The summed E-state index contributed by atoms with van der Waals surface area (Å²) in [5.74, 6) is 0. The Hall–Kier alpha value is -0.0100. The van der Waals surface area contributed by atoms with Gasteiger partial charge in [-0.25, -0.2) is 0 Å². The highest BCUT2D eigenvalue weighted by Crippen LogP contribution is 2.67. The average molecular weight is 281 g/mol. The summed E-state index contributed by atoms with van der Waals surface area (Å²) in [4.78, 5) is 20.3. The lowest BCUT2D eigenvalue weighted by Gasteiger charge is -2.43. The van der Waals surface area contributed by atoms with Crippen molar-refractivity contribution in [2.45, 2.75) is 48.8 Å². The average Bonchev–Trinajstić information content (AvgIpc) is 3.01. The molecule has 0 unspecified atom stereocenters. The van der Waals surface area contributed by atoms with Crippen LogP contribution in [0, 0.1) is 0 Å². The molecule has 106 valence electrons. The fourth-order valence-electron chi connectivity index (χ4n) is 2.68. The lowest BCUT2D eigenvalue weighted by atomic mass is 9.91. The number of rotatable bonds is 3. The van der Waals surface area contributed by atoms with E-state index in [0.29, 0.717) is 12.8 Å². The molecule has 0 radical (unpaired) electrons. The van der Waals surface area contributed by atoms with Crippen LogP contribution in [0.4, 0.5) is 0 Å². The van der Waals surface area contributed by atoms with Crippen LogP contribution in [0.1, 0.15) is 19.3 Å². The van der Waals surface area contributed by atoms with Gasteiger partial charge in [-0.15, -0.1) is 0 Å². The molecule has 1 heterocycles. The first kappa shape index (κ1) is 14.4. The van der Waals surface area contributed by atoms with Gasteiger partial charge in [0.2, 0.25) is 0 Å². The van der Waals surface area contributed by atoms with Crippen LogP contribution in [0.25, 0.3) is 0 Å². The summed E-state index contributed by atoms with van der Waals surface area (Å²) in [7, 11) is -2.53. The van der Waals surface area contributed by atoms with Crippen LogP contribution in [0.5, 0.6) is 0 Å². The third kappa shape index (κ3) is 2.36. The second-order valence-electron chi connectivity index (χ2n) is 5.53. The van der Waals surface area contributed by atoms with Gasteiger partial charge in [0.1, 0.15) is 6.10 Å². The first-order chi connectivity index (χ1) is 8.18. The van der Waals surface area contributed by atoms with Gasteiger partial charge in [-0.2, -0.15) is 0 Å². The minimum atomic E-state index is -4.19. The lowest BCUT2D eigenvalue weighted by molar-refractivity contribution is -0.133. The summed E-state index contributed by atoms with van der Waals surface area (Å²) in [5, 5.41) is 28.0. The van der Waals surface area contributed by atoms with E-state index in [1.807, 2.05) is 0 Å². The number of piperidine rings is 1. The minimum Gasteiger partial charge on any atom is -0.389 e. The Morgan fingerprint density at radius 3 is 2.22 bits per heavy atom. The van der Waals surface area contributed by atoms with Crippen LogP contribution in [0.15, 0.2) is 0 Å². The molecule has 5 N–H and O–H groups in total. The number of aliphatic hydroxyl groups is 3. The molecule has 2 fully saturated rings. The minimum absolute atomic E-state index is 0.138. The van der Waals surface area contributed by atoms with Crippen molar-refractivity contribution in [3.8, 4) is 0 Å². The molecule has 8 heteroatoms. The van der Waals surface area contributed by atoms with Gasteiger partial charge in [-0.1, -0.05) is 0 Å². The van der Waals surface area contributed by atoms with Crippen molar-refractivity contribution in [1.82, 2.24) is 4.90 Å². The van der Waals surface area contributed by atoms with Gasteiger partial charge in [0, 0.05) is 12.6 Å². The molecule has 0 bridgehead atoms. The van der Waals surface area contributed by atoms with E-state index in [0.717, 1.165) is 0 Å². The smallest absolute Gasteiger partial charge is 0.331 e. The fraction of sp³-hybridized carbons (Fsp3) is 1.00. The van der Waals surface area contributed by atoms with Crippen molar-refractivity contribution in [1.29, 1.82) is 0 Å². The zero-order chi connectivity index (χ0) is 13.7. The van der Waals surface area contributed by atoms with E-state index in [-0.39, 0.29) is 13.0 Å². The maximum Gasteiger partial charge on any atom is 0.331 e. The highest BCUT2D eigenvalue weighted by Gasteiger charge is 2.59. The maximum absolute atomic E-state index is 11.4. The van der Waals surface area contributed by atoms with Gasteiger partial charge in [-0.05, 0) is 26.3 Å². The molecule has 0 aromatic heterocycles. The molecule has 4 atom stereocenters. The van der Waals surface area contributed by atoms with E-state index in [9.17, 15) is 29.7 Å². The fourth-order valence-corrected chi connectivity index (χ4v) is 3.80. The second-order valence-corrected chi connectivity index (χ2v) is 7.56. The molecular formula is C10H20NO6P. The van der Waals surface area contributed by atoms with Crippen molar-refractivity contribution in [2.24, 2.45) is 0 Å². The topological polar surface area (TPSA) is 121 Å². The van der Waals surface area contributed by atoms with Gasteiger partial charge in [-0.3, -0.25) is 9.46 Å². The molecule has 1 aliphatic carbocycles. The molecule has 2 rings (SSSR count). The quantitative estimate of drug-likeness (QED) is 0.398.